The molecule has 0 aliphatic carbocycles. The third-order valence-corrected chi connectivity index (χ3v) is 6.02. The molecule has 0 N–H and O–H groups in total. The van der Waals surface area contributed by atoms with Crippen LogP contribution in [0.25, 0.3) is 0 Å². The number of rotatable bonds is 2. The number of ether oxygens (including phenoxy) is 1. The van der Waals surface area contributed by atoms with E-state index in [2.05, 4.69) is 34.1 Å². The molecule has 120 valence electrons. The van der Waals surface area contributed by atoms with Gasteiger partial charge in [-0.3, -0.25) is 4.79 Å². The van der Waals surface area contributed by atoms with Crippen LogP contribution in [0.1, 0.15) is 33.3 Å². The first-order valence-electron chi connectivity index (χ1n) is 8.09. The molecule has 2 aliphatic heterocycles. The maximum absolute atomic E-state index is 13.0. The van der Waals surface area contributed by atoms with E-state index in [9.17, 15) is 4.79 Å². The molecule has 5 heteroatoms. The molecule has 0 saturated carbocycles. The molecule has 3 heterocycles. The van der Waals surface area contributed by atoms with Gasteiger partial charge in [0.1, 0.15) is 4.88 Å². The number of hydrogen-bond donors (Lipinski definition) is 0. The average molecular weight is 328 g/mol. The SMILES string of the molecule is Cc1ncsc1C(=O)N1C[C@H](c2ccccc2)[C@@H]2COCC[C@H]21. The highest BCUT2D eigenvalue weighted by Gasteiger charge is 2.46. The largest absolute Gasteiger partial charge is 0.381 e. The molecule has 2 aliphatic rings. The van der Waals surface area contributed by atoms with Crippen molar-refractivity contribution in [2.45, 2.75) is 25.3 Å². The summed E-state index contributed by atoms with van der Waals surface area (Å²) in [5.74, 6) is 0.891. The molecule has 0 unspecified atom stereocenters. The fourth-order valence-electron chi connectivity index (χ4n) is 3.93. The topological polar surface area (TPSA) is 42.4 Å². The van der Waals surface area contributed by atoms with Crippen molar-refractivity contribution >= 4 is 17.2 Å². The molecular weight excluding hydrogens is 308 g/mol. The monoisotopic (exact) mass is 328 g/mol. The Labute approximate surface area is 140 Å². The summed E-state index contributed by atoms with van der Waals surface area (Å²) in [6, 6.07) is 10.8. The van der Waals surface area contributed by atoms with E-state index in [-0.39, 0.29) is 11.9 Å². The first-order valence-corrected chi connectivity index (χ1v) is 8.97. The van der Waals surface area contributed by atoms with E-state index in [4.69, 9.17) is 4.74 Å². The summed E-state index contributed by atoms with van der Waals surface area (Å²) in [5.41, 5.74) is 3.91. The van der Waals surface area contributed by atoms with Gasteiger partial charge in [0.25, 0.3) is 5.91 Å². The van der Waals surface area contributed by atoms with Crippen LogP contribution in [-0.4, -0.2) is 41.6 Å². The van der Waals surface area contributed by atoms with Crippen LogP contribution in [0.15, 0.2) is 35.8 Å². The summed E-state index contributed by atoms with van der Waals surface area (Å²) in [6.07, 6.45) is 0.928. The Morgan fingerprint density at radius 2 is 2.17 bits per heavy atom. The average Bonchev–Trinajstić information content (AvgIpc) is 3.19. The number of fused-ring (bicyclic) bond motifs is 1. The highest BCUT2D eigenvalue weighted by Crippen LogP contribution is 2.41. The van der Waals surface area contributed by atoms with E-state index in [0.717, 1.165) is 36.8 Å². The van der Waals surface area contributed by atoms with Crippen LogP contribution in [0.5, 0.6) is 0 Å². The number of carbonyl (C=O) groups is 1. The number of hydrogen-bond acceptors (Lipinski definition) is 4. The van der Waals surface area contributed by atoms with Gasteiger partial charge in [-0.05, 0) is 18.9 Å². The number of amides is 1. The summed E-state index contributed by atoms with van der Waals surface area (Å²) >= 11 is 1.45. The van der Waals surface area contributed by atoms with Crippen molar-refractivity contribution in [3.63, 3.8) is 0 Å². The highest BCUT2D eigenvalue weighted by atomic mass is 32.1. The van der Waals surface area contributed by atoms with Gasteiger partial charge in [0, 0.05) is 31.0 Å². The Bertz CT molecular complexity index is 700. The predicted molar refractivity (Wildman–Crippen MR) is 89.8 cm³/mol. The van der Waals surface area contributed by atoms with Gasteiger partial charge in [-0.25, -0.2) is 4.98 Å². The number of nitrogens with zero attached hydrogens (tertiary/aromatic N) is 2. The number of carbonyl (C=O) groups excluding carboxylic acids is 1. The second kappa shape index (κ2) is 6.06. The van der Waals surface area contributed by atoms with Gasteiger partial charge in [0.15, 0.2) is 0 Å². The van der Waals surface area contributed by atoms with E-state index in [0.29, 0.717) is 11.8 Å². The van der Waals surface area contributed by atoms with Gasteiger partial charge in [0.2, 0.25) is 0 Å². The van der Waals surface area contributed by atoms with Crippen LogP contribution in [0.3, 0.4) is 0 Å². The Morgan fingerprint density at radius 3 is 2.91 bits per heavy atom. The quantitative estimate of drug-likeness (QED) is 0.851. The molecule has 4 rings (SSSR count). The smallest absolute Gasteiger partial charge is 0.266 e. The number of aromatic nitrogens is 1. The first kappa shape index (κ1) is 14.8. The van der Waals surface area contributed by atoms with Crippen LogP contribution in [-0.2, 0) is 4.74 Å². The summed E-state index contributed by atoms with van der Waals surface area (Å²) < 4.78 is 5.73. The lowest BCUT2D eigenvalue weighted by Gasteiger charge is -2.32. The van der Waals surface area contributed by atoms with Gasteiger partial charge in [-0.2, -0.15) is 0 Å². The normalized spacial score (nSPS) is 27.0. The first-order chi connectivity index (χ1) is 11.3. The van der Waals surface area contributed by atoms with Gasteiger partial charge < -0.3 is 9.64 Å². The number of aryl methyl sites for hydroxylation is 1. The predicted octanol–water partition coefficient (Wildman–Crippen LogP) is 3.10. The Hall–Kier alpha value is -1.72. The number of likely N-dealkylation sites (tertiary alicyclic amines) is 1. The molecular formula is C18H20N2O2S. The summed E-state index contributed by atoms with van der Waals surface area (Å²) in [4.78, 5) is 20.1. The van der Waals surface area contributed by atoms with E-state index in [1.54, 1.807) is 5.51 Å². The zero-order valence-electron chi connectivity index (χ0n) is 13.1. The summed E-state index contributed by atoms with van der Waals surface area (Å²) in [7, 11) is 0. The van der Waals surface area contributed by atoms with E-state index in [1.165, 1.54) is 16.9 Å². The lowest BCUT2D eigenvalue weighted by Crippen LogP contribution is -2.42. The van der Waals surface area contributed by atoms with E-state index in [1.807, 2.05) is 13.0 Å². The standard InChI is InChI=1S/C18H20N2O2S/c1-12-17(23-11-19-12)18(21)20-9-14(13-5-3-2-4-6-13)15-10-22-8-7-16(15)20/h2-6,11,14-16H,7-10H2,1H3/t14-,15+,16-/m1/s1. The Balaban J connectivity index is 1.66. The second-order valence-electron chi connectivity index (χ2n) is 6.34. The van der Waals surface area contributed by atoms with Gasteiger partial charge in [0.05, 0.1) is 17.8 Å². The number of benzene rings is 1. The van der Waals surface area contributed by atoms with Crippen molar-refractivity contribution < 1.29 is 9.53 Å². The second-order valence-corrected chi connectivity index (χ2v) is 7.19. The van der Waals surface area contributed by atoms with Crippen LogP contribution < -0.4 is 0 Å². The van der Waals surface area contributed by atoms with Crippen LogP contribution in [0.2, 0.25) is 0 Å². The molecule has 0 bridgehead atoms. The fourth-order valence-corrected chi connectivity index (χ4v) is 4.68. The molecule has 3 atom stereocenters. The van der Waals surface area contributed by atoms with Crippen molar-refractivity contribution in [2.75, 3.05) is 19.8 Å². The summed E-state index contributed by atoms with van der Waals surface area (Å²) in [5, 5.41) is 0. The Morgan fingerprint density at radius 1 is 1.35 bits per heavy atom. The Kier molecular flexibility index (Phi) is 3.91. The maximum atomic E-state index is 13.0. The van der Waals surface area contributed by atoms with E-state index < -0.39 is 0 Å². The molecule has 1 aromatic carbocycles. The van der Waals surface area contributed by atoms with Gasteiger partial charge >= 0.3 is 0 Å². The van der Waals surface area contributed by atoms with Gasteiger partial charge in [-0.1, -0.05) is 30.3 Å². The van der Waals surface area contributed by atoms with Crippen LogP contribution in [0, 0.1) is 12.8 Å². The molecule has 1 amide bonds. The summed E-state index contributed by atoms with van der Waals surface area (Å²) in [6.45, 7) is 4.18. The third-order valence-electron chi connectivity index (χ3n) is 5.10. The molecule has 0 spiro atoms. The lowest BCUT2D eigenvalue weighted by molar-refractivity contribution is 0.0190. The fraction of sp³-hybridized carbons (Fsp3) is 0.444. The number of thiazole rings is 1. The van der Waals surface area contributed by atoms with Crippen molar-refractivity contribution in [3.05, 3.63) is 52.0 Å². The van der Waals surface area contributed by atoms with Gasteiger partial charge in [-0.15, -0.1) is 11.3 Å². The minimum Gasteiger partial charge on any atom is -0.381 e. The zero-order chi connectivity index (χ0) is 15.8. The molecule has 1 aromatic heterocycles. The van der Waals surface area contributed by atoms with Crippen LogP contribution >= 0.6 is 11.3 Å². The maximum Gasteiger partial charge on any atom is 0.266 e. The molecule has 0 radical (unpaired) electrons. The van der Waals surface area contributed by atoms with Crippen molar-refractivity contribution in [1.82, 2.24) is 9.88 Å². The molecule has 2 saturated heterocycles. The minimum absolute atomic E-state index is 0.139. The van der Waals surface area contributed by atoms with Crippen molar-refractivity contribution in [1.29, 1.82) is 0 Å². The van der Waals surface area contributed by atoms with Crippen molar-refractivity contribution in [3.8, 4) is 0 Å². The molecule has 2 aromatic rings. The molecule has 4 nitrogen and oxygen atoms in total. The zero-order valence-corrected chi connectivity index (χ0v) is 14.0. The van der Waals surface area contributed by atoms with Crippen molar-refractivity contribution in [2.24, 2.45) is 5.92 Å². The lowest BCUT2D eigenvalue weighted by atomic mass is 9.84. The molecule has 23 heavy (non-hydrogen) atoms. The molecule has 2 fully saturated rings. The van der Waals surface area contributed by atoms with Crippen LogP contribution in [0.4, 0.5) is 0 Å². The van der Waals surface area contributed by atoms with E-state index >= 15 is 0 Å². The third kappa shape index (κ3) is 2.58. The minimum atomic E-state index is 0.139. The highest BCUT2D eigenvalue weighted by molar-refractivity contribution is 7.11.